The van der Waals surface area contributed by atoms with E-state index in [2.05, 4.69) is 36.6 Å². The van der Waals surface area contributed by atoms with Crippen LogP contribution in [-0.2, 0) is 4.84 Å². The number of nitrogens with one attached hydrogen (secondary N) is 3. The molecule has 0 aliphatic carbocycles. The lowest BCUT2D eigenvalue weighted by Crippen LogP contribution is -2.42. The number of carbonyl (C=O) groups is 1. The Hall–Kier alpha value is -3.17. The maximum absolute atomic E-state index is 11.7. The minimum absolute atomic E-state index is 0.117. The van der Waals surface area contributed by atoms with Gasteiger partial charge in [-0.1, -0.05) is 5.16 Å². The van der Waals surface area contributed by atoms with Gasteiger partial charge in [-0.3, -0.25) is 10.9 Å². The van der Waals surface area contributed by atoms with E-state index >= 15 is 0 Å². The van der Waals surface area contributed by atoms with Gasteiger partial charge in [0.05, 0.1) is 12.3 Å². The van der Waals surface area contributed by atoms with E-state index in [0.717, 1.165) is 5.71 Å². The Morgan fingerprint density at radius 2 is 2.35 bits per heavy atom. The number of anilines is 1. The van der Waals surface area contributed by atoms with Gasteiger partial charge in [-0.25, -0.2) is 9.48 Å². The summed E-state index contributed by atoms with van der Waals surface area (Å²) >= 11 is 0. The summed E-state index contributed by atoms with van der Waals surface area (Å²) in [4.78, 5) is 16.8. The molecule has 2 aromatic rings. The predicted octanol–water partition coefficient (Wildman–Crippen LogP) is 0.453. The summed E-state index contributed by atoms with van der Waals surface area (Å²) in [5, 5.41) is 18.5. The number of aromatic nitrogens is 4. The molecule has 3 rings (SSSR count). The van der Waals surface area contributed by atoms with E-state index in [-0.39, 0.29) is 6.10 Å². The predicted molar refractivity (Wildman–Crippen MR) is 81.9 cm³/mol. The summed E-state index contributed by atoms with van der Waals surface area (Å²) in [7, 11) is 0. The Morgan fingerprint density at radius 1 is 1.43 bits per heavy atom. The molecule has 2 aromatic heterocycles. The number of hydrogen-bond acceptors (Lipinski definition) is 7. The van der Waals surface area contributed by atoms with Crippen LogP contribution in [0.2, 0.25) is 0 Å². The molecule has 1 unspecified atom stereocenters. The maximum atomic E-state index is 11.7. The molecule has 2 amide bonds. The minimum atomic E-state index is -0.392. The molecule has 1 atom stereocenters. The number of urea groups is 1. The molecular weight excluding hydrogens is 300 g/mol. The van der Waals surface area contributed by atoms with Crippen LogP contribution in [-0.4, -0.2) is 44.4 Å². The number of nitrogens with zero attached hydrogens (tertiary/aromatic N) is 5. The Balaban J connectivity index is 1.42. The quantitative estimate of drug-likeness (QED) is 0.689. The zero-order valence-electron chi connectivity index (χ0n) is 12.4. The van der Waals surface area contributed by atoms with Crippen molar-refractivity contribution in [1.29, 1.82) is 0 Å². The highest BCUT2D eigenvalue weighted by molar-refractivity contribution is 5.83. The van der Waals surface area contributed by atoms with Crippen LogP contribution in [0.3, 0.4) is 0 Å². The minimum Gasteiger partial charge on any atom is -0.390 e. The van der Waals surface area contributed by atoms with Crippen molar-refractivity contribution in [2.75, 3.05) is 12.0 Å². The molecule has 3 heterocycles. The normalized spacial score (nSPS) is 16.4. The third-order valence-corrected chi connectivity index (χ3v) is 3.06. The van der Waals surface area contributed by atoms with Gasteiger partial charge in [-0.15, -0.1) is 10.2 Å². The van der Waals surface area contributed by atoms with Crippen molar-refractivity contribution < 1.29 is 9.63 Å². The fourth-order valence-corrected chi connectivity index (χ4v) is 1.97. The summed E-state index contributed by atoms with van der Waals surface area (Å²) in [5.41, 5.74) is 6.06. The van der Waals surface area contributed by atoms with Crippen molar-refractivity contribution >= 4 is 17.6 Å². The zero-order chi connectivity index (χ0) is 16.1. The molecule has 0 radical (unpaired) electrons. The first-order valence-corrected chi connectivity index (χ1v) is 7.03. The largest absolute Gasteiger partial charge is 0.390 e. The summed E-state index contributed by atoms with van der Waals surface area (Å²) < 4.78 is 1.59. The molecule has 0 spiro atoms. The molecule has 0 fully saturated rings. The maximum Gasteiger partial charge on any atom is 0.333 e. The highest BCUT2D eigenvalue weighted by Gasteiger charge is 2.18. The average molecular weight is 316 g/mol. The van der Waals surface area contributed by atoms with Gasteiger partial charge in [-0.05, 0) is 25.1 Å². The van der Waals surface area contributed by atoms with Gasteiger partial charge in [0.2, 0.25) is 0 Å². The van der Waals surface area contributed by atoms with Crippen molar-refractivity contribution in [2.45, 2.75) is 19.4 Å². The lowest BCUT2D eigenvalue weighted by molar-refractivity contribution is 0.0866. The van der Waals surface area contributed by atoms with E-state index in [0.29, 0.717) is 24.6 Å². The smallest absolute Gasteiger partial charge is 0.333 e. The first kappa shape index (κ1) is 14.8. The molecule has 0 saturated heterocycles. The molecule has 1 aliphatic heterocycles. The van der Waals surface area contributed by atoms with E-state index in [1.807, 2.05) is 6.92 Å². The fraction of sp³-hybridized carbons (Fsp3) is 0.308. The lowest BCUT2D eigenvalue weighted by atomic mass is 10.2. The third-order valence-electron chi connectivity index (χ3n) is 3.06. The Bertz CT molecular complexity index is 683. The topological polar surface area (TPSA) is 118 Å². The number of carbonyl (C=O) groups excluding carboxylic acids is 1. The van der Waals surface area contributed by atoms with Gasteiger partial charge in [0.1, 0.15) is 6.10 Å². The Labute approximate surface area is 131 Å². The molecule has 10 heteroatoms. The molecule has 3 N–H and O–H groups in total. The van der Waals surface area contributed by atoms with Gasteiger partial charge in [0, 0.05) is 18.8 Å². The third kappa shape index (κ3) is 3.93. The van der Waals surface area contributed by atoms with Gasteiger partial charge < -0.3 is 10.2 Å². The van der Waals surface area contributed by atoms with Crippen LogP contribution < -0.4 is 16.2 Å². The first-order valence-electron chi connectivity index (χ1n) is 7.03. The number of hydrazine groups is 1. The Kier molecular flexibility index (Phi) is 4.32. The second-order valence-electron chi connectivity index (χ2n) is 4.95. The van der Waals surface area contributed by atoms with E-state index in [9.17, 15) is 4.79 Å². The SMILES string of the molecule is CC1=NOC(CNC(=O)NNc2ccc(-n3cccn3)nn2)C1. The molecule has 0 aromatic carbocycles. The number of oxime groups is 1. The van der Waals surface area contributed by atoms with Crippen LogP contribution in [0.25, 0.3) is 5.82 Å². The summed E-state index contributed by atoms with van der Waals surface area (Å²) in [5.74, 6) is 0.992. The summed E-state index contributed by atoms with van der Waals surface area (Å²) in [6, 6.07) is 4.81. The zero-order valence-corrected chi connectivity index (χ0v) is 12.4. The van der Waals surface area contributed by atoms with E-state index in [1.165, 1.54) is 0 Å². The first-order chi connectivity index (χ1) is 11.2. The van der Waals surface area contributed by atoms with Crippen LogP contribution in [0.1, 0.15) is 13.3 Å². The summed E-state index contributed by atoms with van der Waals surface area (Å²) in [6.45, 7) is 2.26. The van der Waals surface area contributed by atoms with Crippen LogP contribution >= 0.6 is 0 Å². The standard InChI is InChI=1S/C13H16N8O2/c1-9-7-10(23-20-9)8-14-13(22)19-17-11-3-4-12(18-16-11)21-6-2-5-15-21/h2-6,10H,7-8H2,1H3,(H,16,17)(H2,14,19,22). The Morgan fingerprint density at radius 3 is 3.00 bits per heavy atom. The molecular formula is C13H16N8O2. The second-order valence-corrected chi connectivity index (χ2v) is 4.95. The van der Waals surface area contributed by atoms with Crippen LogP contribution in [0.15, 0.2) is 35.7 Å². The van der Waals surface area contributed by atoms with Crippen molar-refractivity contribution in [3.8, 4) is 5.82 Å². The van der Waals surface area contributed by atoms with Crippen molar-refractivity contribution in [3.63, 3.8) is 0 Å². The highest BCUT2D eigenvalue weighted by atomic mass is 16.6. The highest BCUT2D eigenvalue weighted by Crippen LogP contribution is 2.08. The van der Waals surface area contributed by atoms with Crippen LogP contribution in [0, 0.1) is 0 Å². The molecule has 0 bridgehead atoms. The van der Waals surface area contributed by atoms with Gasteiger partial charge in [0.25, 0.3) is 0 Å². The van der Waals surface area contributed by atoms with Gasteiger partial charge in [-0.2, -0.15) is 5.10 Å². The molecule has 23 heavy (non-hydrogen) atoms. The van der Waals surface area contributed by atoms with Gasteiger partial charge in [0.15, 0.2) is 11.6 Å². The number of rotatable bonds is 5. The van der Waals surface area contributed by atoms with Gasteiger partial charge >= 0.3 is 6.03 Å². The molecule has 1 aliphatic rings. The van der Waals surface area contributed by atoms with Crippen molar-refractivity contribution in [3.05, 3.63) is 30.6 Å². The summed E-state index contributed by atoms with van der Waals surface area (Å²) in [6.07, 6.45) is 4.02. The molecule has 10 nitrogen and oxygen atoms in total. The van der Waals surface area contributed by atoms with E-state index < -0.39 is 6.03 Å². The number of amides is 2. The lowest BCUT2D eigenvalue weighted by Gasteiger charge is -2.11. The van der Waals surface area contributed by atoms with E-state index in [1.54, 1.807) is 35.3 Å². The second kappa shape index (κ2) is 6.73. The van der Waals surface area contributed by atoms with E-state index in [4.69, 9.17) is 4.84 Å². The van der Waals surface area contributed by atoms with Crippen molar-refractivity contribution in [1.82, 2.24) is 30.7 Å². The molecule has 120 valence electrons. The van der Waals surface area contributed by atoms with Crippen LogP contribution in [0.5, 0.6) is 0 Å². The average Bonchev–Trinajstić information content (AvgIpc) is 3.23. The molecule has 0 saturated carbocycles. The van der Waals surface area contributed by atoms with Crippen LogP contribution in [0.4, 0.5) is 10.6 Å². The fourth-order valence-electron chi connectivity index (χ4n) is 1.97. The monoisotopic (exact) mass is 316 g/mol. The van der Waals surface area contributed by atoms with Crippen molar-refractivity contribution in [2.24, 2.45) is 5.16 Å². The number of hydrogen-bond donors (Lipinski definition) is 3.